The molecule has 0 spiro atoms. The van der Waals surface area contributed by atoms with Gasteiger partial charge in [0.05, 0.1) is 0 Å². The molecule has 1 aromatic rings. The van der Waals surface area contributed by atoms with Crippen LogP contribution in [0.5, 0.6) is 0 Å². The Morgan fingerprint density at radius 3 is 2.27 bits per heavy atom. The zero-order valence-corrected chi connectivity index (χ0v) is 14.4. The maximum Gasteiger partial charge on any atom is 0.185 e. The van der Waals surface area contributed by atoms with Crippen LogP contribution in [-0.2, 0) is 0 Å². The fourth-order valence-electron chi connectivity index (χ4n) is 1.77. The second kappa shape index (κ2) is 9.59. The summed E-state index contributed by atoms with van der Waals surface area (Å²) in [5.41, 5.74) is 3.25. The molecule has 0 unspecified atom stereocenters. The first-order chi connectivity index (χ1) is 10.5. The van der Waals surface area contributed by atoms with E-state index in [4.69, 9.17) is 5.14 Å². The third-order valence-electron chi connectivity index (χ3n) is 3.17. The zero-order chi connectivity index (χ0) is 16.5. The molecule has 1 aliphatic carbocycles. The van der Waals surface area contributed by atoms with Crippen LogP contribution in [0, 0.1) is 0 Å². The van der Waals surface area contributed by atoms with Crippen LogP contribution in [-0.4, -0.2) is 11.2 Å². The van der Waals surface area contributed by atoms with E-state index in [0.29, 0.717) is 5.25 Å². The van der Waals surface area contributed by atoms with E-state index in [9.17, 15) is 4.39 Å². The Kier molecular flexibility index (Phi) is 8.13. The fourth-order valence-corrected chi connectivity index (χ4v) is 1.77. The van der Waals surface area contributed by atoms with Crippen molar-refractivity contribution in [1.82, 2.24) is 0 Å². The minimum Gasteiger partial charge on any atom is -0.278 e. The van der Waals surface area contributed by atoms with Gasteiger partial charge in [0.1, 0.15) is 0 Å². The fraction of sp³-hybridized carbons (Fsp3) is 0.389. The van der Waals surface area contributed by atoms with Crippen molar-refractivity contribution in [1.29, 1.82) is 0 Å². The number of hydrogen-bond donors (Lipinski definition) is 1. The molecule has 0 amide bonds. The van der Waals surface area contributed by atoms with Crippen LogP contribution in [0.1, 0.15) is 50.7 Å². The van der Waals surface area contributed by atoms with Gasteiger partial charge in [0.25, 0.3) is 0 Å². The molecule has 4 heteroatoms. The van der Waals surface area contributed by atoms with Crippen LogP contribution in [0.4, 0.5) is 4.39 Å². The monoisotopic (exact) mass is 320 g/mol. The van der Waals surface area contributed by atoms with Gasteiger partial charge in [-0.05, 0) is 35.5 Å². The number of aliphatic imine (C=N–C) groups is 1. The number of benzene rings is 1. The van der Waals surface area contributed by atoms with Gasteiger partial charge in [0, 0.05) is 18.4 Å². The van der Waals surface area contributed by atoms with Gasteiger partial charge in [-0.15, -0.1) is 0 Å². The second-order valence-corrected chi connectivity index (χ2v) is 6.71. The molecule has 0 bridgehead atoms. The van der Waals surface area contributed by atoms with Crippen LogP contribution in [0.2, 0.25) is 0 Å². The Bertz CT molecular complexity index is 525. The topological polar surface area (TPSA) is 38.4 Å². The predicted octanol–water partition coefficient (Wildman–Crippen LogP) is 5.48. The summed E-state index contributed by atoms with van der Waals surface area (Å²) in [4.78, 5) is 3.66. The molecule has 1 fully saturated rings. The van der Waals surface area contributed by atoms with Gasteiger partial charge in [0.2, 0.25) is 0 Å². The van der Waals surface area contributed by atoms with E-state index in [1.165, 1.54) is 43.5 Å². The van der Waals surface area contributed by atoms with Gasteiger partial charge < -0.3 is 0 Å². The van der Waals surface area contributed by atoms with Crippen molar-refractivity contribution in [2.75, 3.05) is 0 Å². The molecule has 1 aromatic carbocycles. The Labute approximate surface area is 137 Å². The highest BCUT2D eigenvalue weighted by molar-refractivity contribution is 7.97. The average molecular weight is 320 g/mol. The summed E-state index contributed by atoms with van der Waals surface area (Å²) in [5, 5.41) is 5.67. The first-order valence-corrected chi connectivity index (χ1v) is 8.40. The molecular weight excluding hydrogens is 295 g/mol. The van der Waals surface area contributed by atoms with E-state index < -0.39 is 5.97 Å². The van der Waals surface area contributed by atoms with Crippen LogP contribution in [0.3, 0.4) is 0 Å². The summed E-state index contributed by atoms with van der Waals surface area (Å²) in [7, 11) is 0. The molecule has 0 aliphatic heterocycles. The van der Waals surface area contributed by atoms with E-state index in [2.05, 4.69) is 37.6 Å². The molecule has 2 N–H and O–H groups in total. The second-order valence-electron chi connectivity index (χ2n) is 5.50. The third kappa shape index (κ3) is 7.05. The lowest BCUT2D eigenvalue weighted by Gasteiger charge is -2.03. The van der Waals surface area contributed by atoms with Gasteiger partial charge in [-0.2, -0.15) is 4.39 Å². The highest BCUT2D eigenvalue weighted by atomic mass is 32.2. The average Bonchev–Trinajstić information content (AvgIpc) is 3.33. The van der Waals surface area contributed by atoms with Crippen molar-refractivity contribution in [3.8, 4) is 0 Å². The maximum absolute atomic E-state index is 12.6. The Morgan fingerprint density at radius 1 is 1.36 bits per heavy atom. The summed E-state index contributed by atoms with van der Waals surface area (Å²) in [6.45, 7) is 9.17. The van der Waals surface area contributed by atoms with Gasteiger partial charge in [-0.3, -0.25) is 5.14 Å². The highest BCUT2D eigenvalue weighted by Crippen LogP contribution is 2.40. The number of halogens is 1. The van der Waals surface area contributed by atoms with Crippen molar-refractivity contribution >= 4 is 23.5 Å². The molecule has 2 nitrogen and oxygen atoms in total. The minimum atomic E-state index is -0.445. The Morgan fingerprint density at radius 2 is 1.91 bits per heavy atom. The van der Waals surface area contributed by atoms with Crippen LogP contribution in [0.25, 0.3) is 5.57 Å². The minimum absolute atomic E-state index is 0.445. The molecule has 0 heterocycles. The Balaban J connectivity index is 0.000000422. The Hall–Kier alpha value is -1.39. The lowest BCUT2D eigenvalue weighted by Crippen LogP contribution is -1.90. The molecule has 0 radical (unpaired) electrons. The van der Waals surface area contributed by atoms with E-state index in [0.717, 1.165) is 17.1 Å². The highest BCUT2D eigenvalue weighted by Gasteiger charge is 2.22. The molecule has 0 saturated heterocycles. The number of allylic oxidation sites excluding steroid dienone is 2. The molecule has 120 valence electrons. The predicted molar refractivity (Wildman–Crippen MR) is 97.7 cm³/mol. The van der Waals surface area contributed by atoms with Crippen molar-refractivity contribution < 1.29 is 4.39 Å². The van der Waals surface area contributed by atoms with Crippen LogP contribution in [0.15, 0.2) is 48.1 Å². The van der Waals surface area contributed by atoms with Gasteiger partial charge in [-0.1, -0.05) is 62.7 Å². The molecule has 0 atom stereocenters. The summed E-state index contributed by atoms with van der Waals surface area (Å²) in [6, 6.07) is 8.36. The lowest BCUT2D eigenvalue weighted by molar-refractivity contribution is 0.798. The van der Waals surface area contributed by atoms with E-state index in [1.54, 1.807) is 6.08 Å². The zero-order valence-electron chi connectivity index (χ0n) is 13.6. The first kappa shape index (κ1) is 18.7. The third-order valence-corrected chi connectivity index (χ3v) is 3.71. The summed E-state index contributed by atoms with van der Waals surface area (Å²) >= 11 is 1.38. The van der Waals surface area contributed by atoms with Crippen LogP contribution >= 0.6 is 11.9 Å². The normalized spacial score (nSPS) is 15.4. The molecule has 22 heavy (non-hydrogen) atoms. The van der Waals surface area contributed by atoms with E-state index >= 15 is 0 Å². The van der Waals surface area contributed by atoms with Gasteiger partial charge in [-0.25, -0.2) is 4.99 Å². The lowest BCUT2D eigenvalue weighted by atomic mass is 10.0. The number of nitrogens with zero attached hydrogens (tertiary/aromatic N) is 1. The standard InChI is InChI=1S/C15H16FN.C3H9NS/c1-3-12(10-17-11(2)16)13-4-6-14(7-5-13)15-8-9-15;1-3(2)5-4/h3-7,10,15H,1,8-9H2,2H3;3H,4H2,1-2H3/b12-10+,17-11?;. The smallest absolute Gasteiger partial charge is 0.185 e. The molecule has 2 rings (SSSR count). The molecule has 0 aromatic heterocycles. The largest absolute Gasteiger partial charge is 0.278 e. The summed E-state index contributed by atoms with van der Waals surface area (Å²) in [6.07, 6.45) is 5.80. The van der Waals surface area contributed by atoms with Gasteiger partial charge >= 0.3 is 0 Å². The summed E-state index contributed by atoms with van der Waals surface area (Å²) < 4.78 is 12.6. The van der Waals surface area contributed by atoms with E-state index in [-0.39, 0.29) is 0 Å². The van der Waals surface area contributed by atoms with Crippen molar-refractivity contribution in [3.63, 3.8) is 0 Å². The number of hydrogen-bond acceptors (Lipinski definition) is 3. The SMILES string of the molecule is C=C/C(=C\N=C(C)F)c1ccc(C2CC2)cc1.CC(C)SN. The molecular formula is C18H25FN2S. The van der Waals surface area contributed by atoms with E-state index in [1.807, 2.05) is 12.1 Å². The number of rotatable bonds is 5. The molecule has 1 saturated carbocycles. The first-order valence-electron chi connectivity index (χ1n) is 7.46. The quantitative estimate of drug-likeness (QED) is 0.443. The number of nitrogens with two attached hydrogens (primary N) is 1. The van der Waals surface area contributed by atoms with Crippen LogP contribution < -0.4 is 5.14 Å². The van der Waals surface area contributed by atoms with Crippen molar-refractivity contribution in [2.24, 2.45) is 10.1 Å². The van der Waals surface area contributed by atoms with Gasteiger partial charge in [0.15, 0.2) is 5.97 Å². The maximum atomic E-state index is 12.6. The summed E-state index contributed by atoms with van der Waals surface area (Å²) in [5.74, 6) is 0.310. The van der Waals surface area contributed by atoms with Crippen molar-refractivity contribution in [2.45, 2.75) is 44.8 Å². The molecule has 1 aliphatic rings. The van der Waals surface area contributed by atoms with Crippen molar-refractivity contribution in [3.05, 3.63) is 54.2 Å².